The molecule has 0 radical (unpaired) electrons. The highest BCUT2D eigenvalue weighted by molar-refractivity contribution is 7.48. The molecule has 120 valence electrons. The maximum absolute atomic E-state index is 12.4. The lowest BCUT2D eigenvalue weighted by Crippen LogP contribution is -2.10. The number of ketones is 1. The van der Waals surface area contributed by atoms with E-state index in [1.807, 2.05) is 19.2 Å². The number of unbranched alkanes of at least 4 members (excludes halogenated alkanes) is 2. The summed E-state index contributed by atoms with van der Waals surface area (Å²) in [5.41, 5.74) is 0. The fourth-order valence-electron chi connectivity index (χ4n) is 1.40. The number of rotatable bonds is 12. The van der Waals surface area contributed by atoms with Crippen molar-refractivity contribution in [2.45, 2.75) is 39.5 Å². The first-order valence-corrected chi connectivity index (χ1v) is 9.55. The Labute approximate surface area is 130 Å². The van der Waals surface area contributed by atoms with Gasteiger partial charge in [0.1, 0.15) is 6.61 Å². The van der Waals surface area contributed by atoms with Gasteiger partial charge in [-0.3, -0.25) is 18.4 Å². The minimum atomic E-state index is -3.65. The average molecular weight is 334 g/mol. The average Bonchev–Trinajstić information content (AvgIpc) is 3.00. The maximum atomic E-state index is 12.4. The molecule has 1 rings (SSSR count). The van der Waals surface area contributed by atoms with Crippen molar-refractivity contribution in [1.82, 2.24) is 0 Å². The van der Waals surface area contributed by atoms with Gasteiger partial charge in [0.2, 0.25) is 0 Å². The molecule has 0 aliphatic heterocycles. The van der Waals surface area contributed by atoms with Gasteiger partial charge in [0.25, 0.3) is 0 Å². The van der Waals surface area contributed by atoms with Crippen molar-refractivity contribution < 1.29 is 22.9 Å². The molecule has 1 aromatic heterocycles. The Morgan fingerprint density at radius 1 is 1.14 bits per heavy atom. The molecule has 7 heteroatoms. The van der Waals surface area contributed by atoms with Crippen LogP contribution in [0.2, 0.25) is 0 Å². The van der Waals surface area contributed by atoms with Crippen LogP contribution in [0.1, 0.15) is 49.2 Å². The molecule has 0 fully saturated rings. The second-order valence-corrected chi connectivity index (χ2v) is 7.11. The molecule has 0 aliphatic carbocycles. The van der Waals surface area contributed by atoms with Crippen LogP contribution in [0.3, 0.4) is 0 Å². The Bertz CT molecular complexity index is 432. The molecule has 0 saturated carbocycles. The summed E-state index contributed by atoms with van der Waals surface area (Å²) >= 11 is 1.32. The molecule has 0 spiro atoms. The molecule has 0 saturated heterocycles. The second-order valence-electron chi connectivity index (χ2n) is 4.49. The van der Waals surface area contributed by atoms with E-state index in [0.29, 0.717) is 18.1 Å². The Kier molecular flexibility index (Phi) is 9.04. The number of hydrogen-bond donors (Lipinski definition) is 0. The minimum Gasteiger partial charge on any atom is -0.291 e. The van der Waals surface area contributed by atoms with E-state index >= 15 is 0 Å². The van der Waals surface area contributed by atoms with Crippen LogP contribution in [0.25, 0.3) is 0 Å². The van der Waals surface area contributed by atoms with E-state index < -0.39 is 7.82 Å². The standard InChI is InChI=1S/C14H23O5PS/c1-3-5-9-17-20(16,18-10-6-4-2)19-12-13(15)14-8-7-11-21-14/h7-8,11H,3-6,9-10,12H2,1-2H3. The maximum Gasteiger partial charge on any atom is 0.475 e. The van der Waals surface area contributed by atoms with Gasteiger partial charge in [-0.15, -0.1) is 11.3 Å². The number of Topliss-reactive ketones (excluding diaryl/α,β-unsaturated/α-hetero) is 1. The summed E-state index contributed by atoms with van der Waals surface area (Å²) in [5.74, 6) is -0.219. The number of hydrogen-bond acceptors (Lipinski definition) is 6. The van der Waals surface area contributed by atoms with Crippen molar-refractivity contribution in [2.75, 3.05) is 19.8 Å². The van der Waals surface area contributed by atoms with E-state index in [4.69, 9.17) is 13.6 Å². The fraction of sp³-hybridized carbons (Fsp3) is 0.643. The van der Waals surface area contributed by atoms with Crippen molar-refractivity contribution in [3.8, 4) is 0 Å². The van der Waals surface area contributed by atoms with Gasteiger partial charge in [-0.2, -0.15) is 0 Å². The van der Waals surface area contributed by atoms with E-state index in [-0.39, 0.29) is 12.4 Å². The summed E-state index contributed by atoms with van der Waals surface area (Å²) in [6, 6.07) is 3.49. The predicted octanol–water partition coefficient (Wildman–Crippen LogP) is 4.69. The van der Waals surface area contributed by atoms with E-state index in [9.17, 15) is 9.36 Å². The SMILES string of the molecule is CCCCOP(=O)(OCCCC)OCC(=O)c1cccs1. The van der Waals surface area contributed by atoms with E-state index in [1.54, 1.807) is 12.1 Å². The number of carbonyl (C=O) groups excluding carboxylic acids is 1. The number of carbonyl (C=O) groups is 1. The fourth-order valence-corrected chi connectivity index (χ4v) is 3.25. The molecule has 5 nitrogen and oxygen atoms in total. The zero-order chi connectivity index (χ0) is 15.6. The topological polar surface area (TPSA) is 61.8 Å². The first-order chi connectivity index (χ1) is 10.1. The summed E-state index contributed by atoms with van der Waals surface area (Å²) in [6.45, 7) is 4.32. The minimum absolute atomic E-state index is 0.219. The van der Waals surface area contributed by atoms with Gasteiger partial charge in [0, 0.05) is 0 Å². The van der Waals surface area contributed by atoms with Crippen LogP contribution in [0, 0.1) is 0 Å². The van der Waals surface area contributed by atoms with E-state index in [0.717, 1.165) is 25.7 Å². The zero-order valence-corrected chi connectivity index (χ0v) is 14.3. The highest BCUT2D eigenvalue weighted by Crippen LogP contribution is 2.49. The lowest BCUT2D eigenvalue weighted by molar-refractivity contribution is 0.0797. The summed E-state index contributed by atoms with van der Waals surface area (Å²) in [4.78, 5) is 12.4. The Balaban J connectivity index is 2.50. The Morgan fingerprint density at radius 2 is 1.76 bits per heavy atom. The summed E-state index contributed by atoms with van der Waals surface area (Å²) < 4.78 is 28.1. The molecular weight excluding hydrogens is 311 g/mol. The van der Waals surface area contributed by atoms with Gasteiger partial charge in [0.15, 0.2) is 5.78 Å². The van der Waals surface area contributed by atoms with E-state index in [1.165, 1.54) is 11.3 Å². The monoisotopic (exact) mass is 334 g/mol. The normalized spacial score (nSPS) is 11.7. The summed E-state index contributed by atoms with van der Waals surface area (Å²) in [6.07, 6.45) is 3.37. The van der Waals surface area contributed by atoms with E-state index in [2.05, 4.69) is 0 Å². The third kappa shape index (κ3) is 7.34. The molecule has 0 N–H and O–H groups in total. The summed E-state index contributed by atoms with van der Waals surface area (Å²) in [5, 5.41) is 1.81. The third-order valence-electron chi connectivity index (χ3n) is 2.64. The van der Waals surface area contributed by atoms with Crippen molar-refractivity contribution in [1.29, 1.82) is 0 Å². The third-order valence-corrected chi connectivity index (χ3v) is 5.00. The number of phosphoric ester groups is 1. The number of thiophene rings is 1. The lowest BCUT2D eigenvalue weighted by atomic mass is 10.3. The van der Waals surface area contributed by atoms with Crippen molar-refractivity contribution in [3.63, 3.8) is 0 Å². The molecule has 1 heterocycles. The molecule has 0 unspecified atom stereocenters. The molecule has 0 aromatic carbocycles. The van der Waals surface area contributed by atoms with Crippen LogP contribution in [0.15, 0.2) is 17.5 Å². The quantitative estimate of drug-likeness (QED) is 0.315. The highest BCUT2D eigenvalue weighted by Gasteiger charge is 2.27. The van der Waals surface area contributed by atoms with Gasteiger partial charge in [-0.05, 0) is 24.3 Å². The highest BCUT2D eigenvalue weighted by atomic mass is 32.1. The molecular formula is C14H23O5PS. The van der Waals surface area contributed by atoms with Crippen molar-refractivity contribution in [2.24, 2.45) is 0 Å². The zero-order valence-electron chi connectivity index (χ0n) is 12.6. The molecule has 21 heavy (non-hydrogen) atoms. The number of phosphoric acid groups is 1. The first-order valence-electron chi connectivity index (χ1n) is 7.21. The van der Waals surface area contributed by atoms with Gasteiger partial charge >= 0.3 is 7.82 Å². The van der Waals surface area contributed by atoms with Gasteiger partial charge < -0.3 is 0 Å². The first kappa shape index (κ1) is 18.5. The predicted molar refractivity (Wildman–Crippen MR) is 83.9 cm³/mol. The largest absolute Gasteiger partial charge is 0.475 e. The van der Waals surface area contributed by atoms with Crippen LogP contribution < -0.4 is 0 Å². The Hall–Kier alpha value is -0.520. The molecule has 0 atom stereocenters. The van der Waals surface area contributed by atoms with Crippen LogP contribution in [0.5, 0.6) is 0 Å². The van der Waals surface area contributed by atoms with Crippen molar-refractivity contribution in [3.05, 3.63) is 22.4 Å². The molecule has 0 bridgehead atoms. The molecule has 0 aliphatic rings. The van der Waals surface area contributed by atoms with Gasteiger partial charge in [0.05, 0.1) is 18.1 Å². The Morgan fingerprint density at radius 3 is 2.24 bits per heavy atom. The van der Waals surface area contributed by atoms with Crippen LogP contribution >= 0.6 is 19.2 Å². The molecule has 1 aromatic rings. The van der Waals surface area contributed by atoms with Gasteiger partial charge in [-0.25, -0.2) is 4.57 Å². The van der Waals surface area contributed by atoms with Crippen LogP contribution in [-0.2, 0) is 18.1 Å². The van der Waals surface area contributed by atoms with Crippen LogP contribution in [0.4, 0.5) is 0 Å². The second kappa shape index (κ2) is 10.2. The van der Waals surface area contributed by atoms with Gasteiger partial charge in [-0.1, -0.05) is 32.8 Å². The van der Waals surface area contributed by atoms with Crippen LogP contribution in [-0.4, -0.2) is 25.6 Å². The molecule has 0 amide bonds. The summed E-state index contributed by atoms with van der Waals surface area (Å²) in [7, 11) is -3.65. The smallest absolute Gasteiger partial charge is 0.291 e. The lowest BCUT2D eigenvalue weighted by Gasteiger charge is -2.17. The van der Waals surface area contributed by atoms with Crippen molar-refractivity contribution >= 4 is 24.9 Å².